The van der Waals surface area contributed by atoms with E-state index in [1.54, 1.807) is 0 Å². The smallest absolute Gasteiger partial charge is 0.176 e. The van der Waals surface area contributed by atoms with E-state index >= 15 is 4.39 Å². The van der Waals surface area contributed by atoms with E-state index < -0.39 is 0 Å². The minimum Gasteiger partial charge on any atom is -0.490 e. The Balaban J connectivity index is 1.66. The van der Waals surface area contributed by atoms with Gasteiger partial charge in [-0.25, -0.2) is 4.39 Å². The summed E-state index contributed by atoms with van der Waals surface area (Å²) in [6.07, 6.45) is 5.11. The quantitative estimate of drug-likeness (QED) is 0.354. The van der Waals surface area contributed by atoms with Crippen LogP contribution in [0, 0.1) is 17.1 Å². The number of piperidine rings is 1. The lowest BCUT2D eigenvalue weighted by molar-refractivity contribution is 0.317. The summed E-state index contributed by atoms with van der Waals surface area (Å²) in [7, 11) is 0. The molecular formula is C34H48FN3O. The number of amidine groups is 1. The maximum absolute atomic E-state index is 15.7. The molecule has 0 bridgehead atoms. The molecule has 1 fully saturated rings. The Kier molecular flexibility index (Phi) is 8.78. The molecule has 0 unspecified atom stereocenters. The minimum atomic E-state index is -0.389. The summed E-state index contributed by atoms with van der Waals surface area (Å²) in [5.74, 6) is 0.920. The van der Waals surface area contributed by atoms with Gasteiger partial charge >= 0.3 is 0 Å². The molecule has 1 N–H and O–H groups in total. The topological polar surface area (TPSA) is 39.6 Å². The van der Waals surface area contributed by atoms with Crippen LogP contribution in [0.15, 0.2) is 24.8 Å². The Morgan fingerprint density at radius 1 is 1.13 bits per heavy atom. The lowest BCUT2D eigenvalue weighted by Crippen LogP contribution is -2.34. The van der Waals surface area contributed by atoms with E-state index in [-0.39, 0.29) is 17.1 Å². The van der Waals surface area contributed by atoms with Crippen molar-refractivity contribution in [3.63, 3.8) is 0 Å². The number of benzene rings is 2. The molecule has 0 amide bonds. The summed E-state index contributed by atoms with van der Waals surface area (Å²) >= 11 is 0. The van der Waals surface area contributed by atoms with Crippen LogP contribution < -0.4 is 9.64 Å². The summed E-state index contributed by atoms with van der Waals surface area (Å²) in [5.41, 5.74) is 8.38. The van der Waals surface area contributed by atoms with Gasteiger partial charge in [0.15, 0.2) is 11.6 Å². The molecule has 2 aliphatic rings. The van der Waals surface area contributed by atoms with Crippen molar-refractivity contribution in [2.24, 2.45) is 5.92 Å². The van der Waals surface area contributed by atoms with E-state index in [9.17, 15) is 0 Å². The number of nitrogens with zero attached hydrogens (tertiary/aromatic N) is 2. The van der Waals surface area contributed by atoms with Crippen molar-refractivity contribution < 1.29 is 9.13 Å². The number of nitrogens with one attached hydrogen (secondary N) is 1. The molecule has 0 spiro atoms. The summed E-state index contributed by atoms with van der Waals surface area (Å²) < 4.78 is 21.4. The third-order valence-corrected chi connectivity index (χ3v) is 8.40. The monoisotopic (exact) mass is 533 g/mol. The van der Waals surface area contributed by atoms with Gasteiger partial charge in [-0.05, 0) is 89.5 Å². The number of ether oxygens (including phenoxy) is 1. The largest absolute Gasteiger partial charge is 0.490 e. The molecule has 2 heterocycles. The van der Waals surface area contributed by atoms with Crippen molar-refractivity contribution in [2.75, 3.05) is 31.1 Å². The van der Waals surface area contributed by atoms with Crippen molar-refractivity contribution in [3.8, 4) is 5.75 Å². The second-order valence-corrected chi connectivity index (χ2v) is 12.5. The van der Waals surface area contributed by atoms with Crippen molar-refractivity contribution >= 4 is 17.1 Å². The number of aryl methyl sites for hydroxylation is 1. The zero-order chi connectivity index (χ0) is 28.5. The van der Waals surface area contributed by atoms with Gasteiger partial charge in [-0.3, -0.25) is 5.41 Å². The number of halogens is 1. The zero-order valence-electron chi connectivity index (χ0n) is 25.3. The fourth-order valence-electron chi connectivity index (χ4n) is 6.21. The van der Waals surface area contributed by atoms with Gasteiger partial charge in [0.1, 0.15) is 5.84 Å². The van der Waals surface area contributed by atoms with Gasteiger partial charge in [-0.1, -0.05) is 60.6 Å². The van der Waals surface area contributed by atoms with Crippen molar-refractivity contribution in [3.05, 3.63) is 64.0 Å². The molecule has 0 atom stereocenters. The van der Waals surface area contributed by atoms with Crippen LogP contribution >= 0.6 is 0 Å². The maximum atomic E-state index is 15.7. The molecule has 4 nitrogen and oxygen atoms in total. The van der Waals surface area contributed by atoms with Gasteiger partial charge < -0.3 is 14.5 Å². The van der Waals surface area contributed by atoms with Crippen LogP contribution in [0.4, 0.5) is 10.1 Å². The van der Waals surface area contributed by atoms with E-state index in [0.717, 1.165) is 60.5 Å². The molecule has 2 aromatic carbocycles. The van der Waals surface area contributed by atoms with Gasteiger partial charge in [-0.2, -0.15) is 0 Å². The van der Waals surface area contributed by atoms with Crippen molar-refractivity contribution in [2.45, 2.75) is 92.5 Å². The molecular weight excluding hydrogens is 485 g/mol. The highest BCUT2D eigenvalue weighted by Gasteiger charge is 2.32. The SMILES string of the molecule is C=C(CN1Cc2cc(CCC)c(OCC)c(F)c2C1=N)c1cc(N2CCC(C)CC2)c(CC)c(C(C)(C)C)c1. The third kappa shape index (κ3) is 5.88. The standard InChI is InChI=1S/C34H48FN3O/c1-9-12-24-17-26-21-38(33(36)30(26)31(35)32(24)39-11-3)20-23(5)25-18-28(34(6,7)8)27(10-2)29(19-25)37-15-13-22(4)14-16-37/h17-19,22,36H,5,9-16,20-21H2,1-4,6-8H3. The van der Waals surface area contributed by atoms with E-state index in [4.69, 9.17) is 10.1 Å². The van der Waals surface area contributed by atoms with Gasteiger partial charge in [0.2, 0.25) is 0 Å². The molecule has 39 heavy (non-hydrogen) atoms. The van der Waals surface area contributed by atoms with Crippen LogP contribution in [0.3, 0.4) is 0 Å². The average Bonchev–Trinajstić information content (AvgIpc) is 3.20. The van der Waals surface area contributed by atoms with Gasteiger partial charge in [0, 0.05) is 31.9 Å². The Bertz CT molecular complexity index is 1230. The first kappa shape index (κ1) is 29.2. The molecule has 4 rings (SSSR count). The highest BCUT2D eigenvalue weighted by Crippen LogP contribution is 2.39. The van der Waals surface area contributed by atoms with Crippen LogP contribution in [-0.2, 0) is 24.8 Å². The van der Waals surface area contributed by atoms with Crippen LogP contribution in [0.25, 0.3) is 5.57 Å². The molecule has 0 radical (unpaired) electrons. The highest BCUT2D eigenvalue weighted by atomic mass is 19.1. The predicted molar refractivity (Wildman–Crippen MR) is 163 cm³/mol. The second-order valence-electron chi connectivity index (χ2n) is 12.5. The number of fused-ring (bicyclic) bond motifs is 1. The normalized spacial score (nSPS) is 16.2. The summed E-state index contributed by atoms with van der Waals surface area (Å²) in [5, 5.41) is 8.89. The van der Waals surface area contributed by atoms with Gasteiger partial charge in [0.25, 0.3) is 0 Å². The van der Waals surface area contributed by atoms with E-state index in [2.05, 4.69) is 65.2 Å². The summed E-state index contributed by atoms with van der Waals surface area (Å²) in [4.78, 5) is 4.52. The molecule has 2 aliphatic heterocycles. The van der Waals surface area contributed by atoms with Crippen LogP contribution in [0.5, 0.6) is 5.75 Å². The van der Waals surface area contributed by atoms with Gasteiger partial charge in [0.05, 0.1) is 12.2 Å². The zero-order valence-corrected chi connectivity index (χ0v) is 25.3. The highest BCUT2D eigenvalue weighted by molar-refractivity contribution is 6.02. The molecule has 212 valence electrons. The average molecular weight is 534 g/mol. The molecule has 1 saturated heterocycles. The third-order valence-electron chi connectivity index (χ3n) is 8.40. The lowest BCUT2D eigenvalue weighted by Gasteiger charge is -2.36. The molecule has 0 aromatic heterocycles. The first-order valence-electron chi connectivity index (χ1n) is 14.9. The Morgan fingerprint density at radius 3 is 2.41 bits per heavy atom. The molecule has 0 aliphatic carbocycles. The number of rotatable bonds is 9. The van der Waals surface area contributed by atoms with Crippen molar-refractivity contribution in [1.82, 2.24) is 4.90 Å². The molecule has 2 aromatic rings. The maximum Gasteiger partial charge on any atom is 0.176 e. The number of anilines is 1. The second kappa shape index (κ2) is 11.7. The molecule has 0 saturated carbocycles. The minimum absolute atomic E-state index is 0.00450. The predicted octanol–water partition coefficient (Wildman–Crippen LogP) is 8.13. The Labute approximate surface area is 235 Å². The first-order chi connectivity index (χ1) is 18.5. The van der Waals surface area contributed by atoms with Crippen LogP contribution in [-0.4, -0.2) is 37.0 Å². The van der Waals surface area contributed by atoms with Crippen LogP contribution in [0.2, 0.25) is 0 Å². The fourth-order valence-corrected chi connectivity index (χ4v) is 6.21. The van der Waals surface area contributed by atoms with E-state index in [0.29, 0.717) is 31.0 Å². The van der Waals surface area contributed by atoms with Crippen LogP contribution in [0.1, 0.15) is 101 Å². The first-order valence-corrected chi connectivity index (χ1v) is 14.9. The van der Waals surface area contributed by atoms with E-state index in [1.807, 2.05) is 17.9 Å². The van der Waals surface area contributed by atoms with Gasteiger partial charge in [-0.15, -0.1) is 0 Å². The number of hydrogen-bond acceptors (Lipinski definition) is 3. The Hall–Kier alpha value is -2.82. The number of hydrogen-bond donors (Lipinski definition) is 1. The fraction of sp³-hybridized carbons (Fsp3) is 0.559. The lowest BCUT2D eigenvalue weighted by atomic mass is 9.80. The molecule has 5 heteroatoms. The van der Waals surface area contributed by atoms with Crippen molar-refractivity contribution in [1.29, 1.82) is 5.41 Å². The summed E-state index contributed by atoms with van der Waals surface area (Å²) in [6, 6.07) is 6.69. The van der Waals surface area contributed by atoms with E-state index in [1.165, 1.54) is 29.7 Å². The summed E-state index contributed by atoms with van der Waals surface area (Å²) in [6.45, 7) is 23.5. The Morgan fingerprint density at radius 2 is 1.82 bits per heavy atom.